The van der Waals surface area contributed by atoms with E-state index in [1.807, 2.05) is 13.0 Å². The number of aromatic nitrogens is 1. The number of anilines is 2. The van der Waals surface area contributed by atoms with Crippen LogP contribution in [0.15, 0.2) is 36.4 Å². The third-order valence-electron chi connectivity index (χ3n) is 4.38. The van der Waals surface area contributed by atoms with Crippen molar-refractivity contribution >= 4 is 44.2 Å². The fourth-order valence-electron chi connectivity index (χ4n) is 3.11. The predicted octanol–water partition coefficient (Wildman–Crippen LogP) is 4.03. The van der Waals surface area contributed by atoms with Crippen LogP contribution in [0.5, 0.6) is 5.75 Å². The van der Waals surface area contributed by atoms with E-state index in [0.29, 0.717) is 16.1 Å². The lowest BCUT2D eigenvalue weighted by molar-refractivity contribution is -0.148. The largest absolute Gasteiger partial charge is 0.481 e. The molecule has 1 aromatic heterocycles. The number of halogens is 1. The number of benzene rings is 2. The average Bonchev–Trinajstić information content (AvgIpc) is 3.01. The Balaban J connectivity index is 1.93. The molecule has 0 bridgehead atoms. The number of carboxylic acids is 1. The van der Waals surface area contributed by atoms with Crippen molar-refractivity contribution in [2.45, 2.75) is 25.9 Å². The Labute approximate surface area is 157 Å². The summed E-state index contributed by atoms with van der Waals surface area (Å²) >= 11 is 1.16. The molecule has 1 aliphatic heterocycles. The minimum atomic E-state index is -1.59. The number of aliphatic carboxylic acids is 1. The molecule has 1 amide bonds. The molecule has 0 aliphatic carbocycles. The van der Waals surface area contributed by atoms with Crippen molar-refractivity contribution in [1.29, 1.82) is 0 Å². The molecule has 2 heterocycles. The zero-order valence-electron chi connectivity index (χ0n) is 14.5. The van der Waals surface area contributed by atoms with Gasteiger partial charge in [0.1, 0.15) is 17.1 Å². The lowest BCUT2D eigenvalue weighted by Gasteiger charge is -2.39. The first-order valence-electron chi connectivity index (χ1n) is 8.19. The summed E-state index contributed by atoms with van der Waals surface area (Å²) in [5, 5.41) is 9.51. The monoisotopic (exact) mass is 386 g/mol. The molecule has 8 heteroatoms. The molecular weight excluding hydrogens is 371 g/mol. The van der Waals surface area contributed by atoms with Crippen molar-refractivity contribution in [2.75, 3.05) is 4.90 Å². The van der Waals surface area contributed by atoms with Crippen molar-refractivity contribution in [3.05, 3.63) is 47.8 Å². The van der Waals surface area contributed by atoms with Crippen molar-refractivity contribution < 1.29 is 23.8 Å². The number of rotatable bonds is 3. The summed E-state index contributed by atoms with van der Waals surface area (Å²) < 4.78 is 20.5. The molecule has 1 N–H and O–H groups in total. The lowest BCUT2D eigenvalue weighted by atomic mass is 9.97. The zero-order chi connectivity index (χ0) is 19.3. The Bertz CT molecular complexity index is 1100. The smallest absolute Gasteiger partial charge is 0.307 e. The quantitative estimate of drug-likeness (QED) is 0.735. The highest BCUT2D eigenvalue weighted by molar-refractivity contribution is 7.22. The van der Waals surface area contributed by atoms with Crippen molar-refractivity contribution in [2.24, 2.45) is 0 Å². The molecule has 0 saturated carbocycles. The number of hydrogen-bond acceptors (Lipinski definition) is 5. The topological polar surface area (TPSA) is 79.7 Å². The van der Waals surface area contributed by atoms with Gasteiger partial charge in [-0.25, -0.2) is 14.3 Å². The van der Waals surface area contributed by atoms with Crippen LogP contribution in [0.1, 0.15) is 18.9 Å². The summed E-state index contributed by atoms with van der Waals surface area (Å²) in [5.41, 5.74) is -0.0673. The van der Waals surface area contributed by atoms with Gasteiger partial charge in [-0.2, -0.15) is 0 Å². The number of aryl methyl sites for hydroxylation is 1. The number of para-hydroxylation sites is 1. The molecule has 1 aliphatic rings. The fraction of sp³-hybridized carbons (Fsp3) is 0.211. The van der Waals surface area contributed by atoms with E-state index in [-0.39, 0.29) is 10.6 Å². The third-order valence-corrected chi connectivity index (χ3v) is 5.39. The number of amides is 1. The summed E-state index contributed by atoms with van der Waals surface area (Å²) in [4.78, 5) is 30.2. The van der Waals surface area contributed by atoms with Crippen LogP contribution in [0.4, 0.5) is 15.2 Å². The predicted molar refractivity (Wildman–Crippen MR) is 99.2 cm³/mol. The van der Waals surface area contributed by atoms with Crippen LogP contribution >= 0.6 is 11.3 Å². The van der Waals surface area contributed by atoms with Crippen LogP contribution in [0.25, 0.3) is 10.2 Å². The second-order valence-corrected chi connectivity index (χ2v) is 7.61. The van der Waals surface area contributed by atoms with Crippen molar-refractivity contribution in [3.63, 3.8) is 0 Å². The van der Waals surface area contributed by atoms with E-state index in [1.165, 1.54) is 17.9 Å². The van der Waals surface area contributed by atoms with Gasteiger partial charge in [-0.1, -0.05) is 23.5 Å². The normalized spacial score (nSPS) is 19.1. The van der Waals surface area contributed by atoms with Crippen LogP contribution in [-0.2, 0) is 9.59 Å². The molecule has 4 rings (SSSR count). The van der Waals surface area contributed by atoms with Gasteiger partial charge in [-0.05, 0) is 43.7 Å². The minimum absolute atomic E-state index is 0.172. The van der Waals surface area contributed by atoms with Crippen LogP contribution in [0, 0.1) is 12.7 Å². The van der Waals surface area contributed by atoms with Crippen LogP contribution in [0.3, 0.4) is 0 Å². The molecule has 1 unspecified atom stereocenters. The van der Waals surface area contributed by atoms with Gasteiger partial charge in [-0.3, -0.25) is 9.59 Å². The molecule has 6 nitrogen and oxygen atoms in total. The summed E-state index contributed by atoms with van der Waals surface area (Å²) in [6.07, 6.45) is -0.505. The number of carbonyl (C=O) groups is 2. The van der Waals surface area contributed by atoms with Gasteiger partial charge >= 0.3 is 5.97 Å². The molecule has 27 heavy (non-hydrogen) atoms. The maximum absolute atomic E-state index is 14.1. The molecule has 138 valence electrons. The van der Waals surface area contributed by atoms with Gasteiger partial charge in [0.15, 0.2) is 10.7 Å². The second-order valence-electron chi connectivity index (χ2n) is 6.60. The van der Waals surface area contributed by atoms with Gasteiger partial charge in [0, 0.05) is 0 Å². The van der Waals surface area contributed by atoms with E-state index >= 15 is 0 Å². The van der Waals surface area contributed by atoms with E-state index in [2.05, 4.69) is 4.98 Å². The summed E-state index contributed by atoms with van der Waals surface area (Å²) in [6, 6.07) is 9.87. The highest BCUT2D eigenvalue weighted by Gasteiger charge is 2.47. The standard InChI is InChI=1S/C19H15FN2O4S/c1-10-6-7-13-12(8-10)22(17(25)19(2,26-13)9-15(23)24)18-21-16-11(20)4-3-5-14(16)27-18/h3-8H,9H2,1-2H3,(H,23,24). The van der Waals surface area contributed by atoms with Crippen LogP contribution in [-0.4, -0.2) is 27.6 Å². The maximum atomic E-state index is 14.1. The number of carbonyl (C=O) groups excluding carboxylic acids is 1. The molecule has 3 aromatic rings. The third kappa shape index (κ3) is 2.82. The SMILES string of the molecule is Cc1ccc2c(c1)N(c1nc3c(F)cccc3s1)C(=O)C(C)(CC(=O)O)O2. The second kappa shape index (κ2) is 6.02. The molecule has 0 spiro atoms. The number of nitrogens with zero attached hydrogens (tertiary/aromatic N) is 2. The first-order valence-corrected chi connectivity index (χ1v) is 9.01. The van der Waals surface area contributed by atoms with Gasteiger partial charge in [0.05, 0.1) is 16.8 Å². The highest BCUT2D eigenvalue weighted by atomic mass is 32.1. The molecular formula is C19H15FN2O4S. The molecule has 1 atom stereocenters. The number of thiazole rings is 1. The first kappa shape index (κ1) is 17.4. The number of ether oxygens (including phenoxy) is 1. The first-order chi connectivity index (χ1) is 12.8. The molecule has 0 radical (unpaired) electrons. The van der Waals surface area contributed by atoms with E-state index in [1.54, 1.807) is 24.3 Å². The van der Waals surface area contributed by atoms with E-state index in [4.69, 9.17) is 4.74 Å². The molecule has 2 aromatic carbocycles. The van der Waals surface area contributed by atoms with Gasteiger partial charge in [-0.15, -0.1) is 0 Å². The van der Waals surface area contributed by atoms with Crippen molar-refractivity contribution in [1.82, 2.24) is 4.98 Å². The number of hydrogen-bond donors (Lipinski definition) is 1. The Morgan fingerprint density at radius 3 is 2.85 bits per heavy atom. The Morgan fingerprint density at radius 2 is 2.15 bits per heavy atom. The minimum Gasteiger partial charge on any atom is -0.481 e. The summed E-state index contributed by atoms with van der Waals surface area (Å²) in [5.74, 6) is -1.81. The Morgan fingerprint density at radius 1 is 1.37 bits per heavy atom. The number of fused-ring (bicyclic) bond motifs is 2. The highest BCUT2D eigenvalue weighted by Crippen LogP contribution is 2.45. The van der Waals surface area contributed by atoms with Gasteiger partial charge < -0.3 is 9.84 Å². The summed E-state index contributed by atoms with van der Waals surface area (Å²) in [6.45, 7) is 3.30. The van der Waals surface area contributed by atoms with Crippen LogP contribution < -0.4 is 9.64 Å². The zero-order valence-corrected chi connectivity index (χ0v) is 15.3. The van der Waals surface area contributed by atoms with Crippen molar-refractivity contribution in [3.8, 4) is 5.75 Å². The molecule has 0 fully saturated rings. The molecule has 0 saturated heterocycles. The average molecular weight is 386 g/mol. The van der Waals surface area contributed by atoms with Gasteiger partial charge in [0.2, 0.25) is 0 Å². The lowest BCUT2D eigenvalue weighted by Crippen LogP contribution is -2.53. The Hall–Kier alpha value is -3.00. The fourth-order valence-corrected chi connectivity index (χ4v) is 4.10. The number of carboxylic acid groups (broad SMARTS) is 1. The summed E-state index contributed by atoms with van der Waals surface area (Å²) in [7, 11) is 0. The Kier molecular flexibility index (Phi) is 3.88. The van der Waals surface area contributed by atoms with Gasteiger partial charge in [0.25, 0.3) is 5.91 Å². The van der Waals surface area contributed by atoms with Crippen LogP contribution in [0.2, 0.25) is 0 Å². The van der Waals surface area contributed by atoms with E-state index < -0.39 is 29.7 Å². The van der Waals surface area contributed by atoms with E-state index in [0.717, 1.165) is 16.9 Å². The van der Waals surface area contributed by atoms with E-state index in [9.17, 15) is 19.1 Å². The maximum Gasteiger partial charge on any atom is 0.307 e.